The summed E-state index contributed by atoms with van der Waals surface area (Å²) in [6, 6.07) is 4.97. The number of methoxy groups -OCH3 is 1. The predicted octanol–water partition coefficient (Wildman–Crippen LogP) is 0.263. The van der Waals surface area contributed by atoms with E-state index < -0.39 is 0 Å². The number of rotatable bonds is 2. The molecule has 0 saturated carbocycles. The summed E-state index contributed by atoms with van der Waals surface area (Å²) in [7, 11) is 1.54. The van der Waals surface area contributed by atoms with E-state index in [1.807, 2.05) is 0 Å². The van der Waals surface area contributed by atoms with Crippen molar-refractivity contribution < 1.29 is 14.3 Å². The van der Waals surface area contributed by atoms with Crippen molar-refractivity contribution in [3.8, 4) is 5.75 Å². The molecule has 3 rings (SSSR count). The van der Waals surface area contributed by atoms with Crippen molar-refractivity contribution in [1.29, 1.82) is 0 Å². The first-order valence-electron chi connectivity index (χ1n) is 5.49. The lowest BCUT2D eigenvalue weighted by Gasteiger charge is -2.33. The smallest absolute Gasteiger partial charge is 0.262 e. The van der Waals surface area contributed by atoms with Gasteiger partial charge in [-0.15, -0.1) is 0 Å². The number of nitrogens with one attached hydrogen (secondary N) is 1. The normalized spacial score (nSPS) is 19.2. The lowest BCUT2D eigenvalue weighted by atomic mass is 10.1. The molecule has 1 aromatic carbocycles. The van der Waals surface area contributed by atoms with Gasteiger partial charge >= 0.3 is 0 Å². The molecule has 0 atom stereocenters. The average Bonchev–Trinajstić information content (AvgIpc) is 2.52. The summed E-state index contributed by atoms with van der Waals surface area (Å²) in [6.45, 7) is 1.37. The van der Waals surface area contributed by atoms with Gasteiger partial charge in [0.1, 0.15) is 5.75 Å². The molecule has 2 amide bonds. The number of amides is 2. The maximum absolute atomic E-state index is 12.1. The Bertz CT molecular complexity index is 508. The van der Waals surface area contributed by atoms with Gasteiger partial charge in [0, 0.05) is 13.1 Å². The summed E-state index contributed by atoms with van der Waals surface area (Å²) >= 11 is 0. The molecule has 1 N–H and O–H groups in total. The van der Waals surface area contributed by atoms with E-state index in [0.29, 0.717) is 30.0 Å². The Balaban J connectivity index is 2.02. The van der Waals surface area contributed by atoms with Crippen LogP contribution in [0.4, 0.5) is 0 Å². The number of hydrogen-bond acceptors (Lipinski definition) is 4. The average molecular weight is 232 g/mol. The Hall–Kier alpha value is -1.88. The minimum absolute atomic E-state index is 0.00612. The van der Waals surface area contributed by atoms with Gasteiger partial charge in [-0.25, -0.2) is 0 Å². The van der Waals surface area contributed by atoms with Crippen LogP contribution in [-0.2, 0) is 0 Å². The number of hydrogen-bond donors (Lipinski definition) is 1. The van der Waals surface area contributed by atoms with E-state index in [0.717, 1.165) is 0 Å². The summed E-state index contributed by atoms with van der Waals surface area (Å²) < 4.78 is 5.06. The summed E-state index contributed by atoms with van der Waals surface area (Å²) in [6.07, 6.45) is 0. The Morgan fingerprint density at radius 2 is 1.94 bits per heavy atom. The second-order valence-electron chi connectivity index (χ2n) is 4.20. The molecule has 1 fully saturated rings. The molecular weight excluding hydrogens is 220 g/mol. The molecule has 1 aromatic rings. The first kappa shape index (κ1) is 10.3. The van der Waals surface area contributed by atoms with Crippen LogP contribution in [0.2, 0.25) is 0 Å². The SMILES string of the molecule is COc1ccc2c(c1)C(=O)N(C1CNC1)C2=O. The van der Waals surface area contributed by atoms with Crippen molar-refractivity contribution in [3.05, 3.63) is 29.3 Å². The fourth-order valence-electron chi connectivity index (χ4n) is 2.15. The van der Waals surface area contributed by atoms with E-state index in [9.17, 15) is 9.59 Å². The van der Waals surface area contributed by atoms with Crippen molar-refractivity contribution in [2.45, 2.75) is 6.04 Å². The summed E-state index contributed by atoms with van der Waals surface area (Å²) in [4.78, 5) is 25.6. The van der Waals surface area contributed by atoms with Crippen molar-refractivity contribution in [2.24, 2.45) is 0 Å². The number of carbonyl (C=O) groups excluding carboxylic acids is 2. The maximum Gasteiger partial charge on any atom is 0.262 e. The number of ether oxygens (including phenoxy) is 1. The fraction of sp³-hybridized carbons (Fsp3) is 0.333. The zero-order valence-corrected chi connectivity index (χ0v) is 9.40. The molecule has 0 spiro atoms. The van der Waals surface area contributed by atoms with Gasteiger partial charge in [-0.2, -0.15) is 0 Å². The highest BCUT2D eigenvalue weighted by Crippen LogP contribution is 2.28. The molecule has 0 unspecified atom stereocenters. The van der Waals surface area contributed by atoms with Gasteiger partial charge in [-0.3, -0.25) is 14.5 Å². The van der Waals surface area contributed by atoms with Crippen LogP contribution in [0, 0.1) is 0 Å². The first-order chi connectivity index (χ1) is 8.22. The molecule has 0 aliphatic carbocycles. The van der Waals surface area contributed by atoms with Gasteiger partial charge in [0.15, 0.2) is 0 Å². The molecule has 2 aliphatic heterocycles. The Morgan fingerprint density at radius 3 is 2.53 bits per heavy atom. The molecule has 2 aliphatic rings. The van der Waals surface area contributed by atoms with Crippen molar-refractivity contribution in [3.63, 3.8) is 0 Å². The van der Waals surface area contributed by atoms with E-state index >= 15 is 0 Å². The number of nitrogens with zero attached hydrogens (tertiary/aromatic N) is 1. The molecule has 5 nitrogen and oxygen atoms in total. The Labute approximate surface area is 98.4 Å². The highest BCUT2D eigenvalue weighted by molar-refractivity contribution is 6.21. The van der Waals surface area contributed by atoms with Gasteiger partial charge < -0.3 is 10.1 Å². The molecule has 0 radical (unpaired) electrons. The fourth-order valence-corrected chi connectivity index (χ4v) is 2.15. The monoisotopic (exact) mass is 232 g/mol. The summed E-state index contributed by atoms with van der Waals surface area (Å²) in [5, 5.41) is 3.06. The zero-order chi connectivity index (χ0) is 12.0. The van der Waals surface area contributed by atoms with Crippen LogP contribution in [-0.4, -0.2) is 43.0 Å². The van der Waals surface area contributed by atoms with Crippen LogP contribution >= 0.6 is 0 Å². The molecule has 88 valence electrons. The van der Waals surface area contributed by atoms with E-state index in [2.05, 4.69) is 5.32 Å². The minimum atomic E-state index is -0.213. The number of carbonyl (C=O) groups is 2. The Kier molecular flexibility index (Phi) is 2.16. The summed E-state index contributed by atoms with van der Waals surface area (Å²) in [5.74, 6) is 0.188. The minimum Gasteiger partial charge on any atom is -0.497 e. The molecule has 2 heterocycles. The van der Waals surface area contributed by atoms with Crippen LogP contribution in [0.15, 0.2) is 18.2 Å². The van der Waals surface area contributed by atoms with Crippen molar-refractivity contribution in [1.82, 2.24) is 10.2 Å². The largest absolute Gasteiger partial charge is 0.497 e. The van der Waals surface area contributed by atoms with Crippen LogP contribution in [0.1, 0.15) is 20.7 Å². The molecule has 0 bridgehead atoms. The molecule has 1 saturated heterocycles. The van der Waals surface area contributed by atoms with E-state index in [-0.39, 0.29) is 17.9 Å². The van der Waals surface area contributed by atoms with Gasteiger partial charge in [0.05, 0.1) is 24.3 Å². The third-order valence-corrected chi connectivity index (χ3v) is 3.25. The maximum atomic E-state index is 12.1. The topological polar surface area (TPSA) is 58.6 Å². The van der Waals surface area contributed by atoms with Crippen LogP contribution in [0.25, 0.3) is 0 Å². The van der Waals surface area contributed by atoms with Crippen LogP contribution in [0.3, 0.4) is 0 Å². The Morgan fingerprint density at radius 1 is 1.24 bits per heavy atom. The highest BCUT2D eigenvalue weighted by Gasteiger charge is 2.42. The van der Waals surface area contributed by atoms with E-state index in [1.165, 1.54) is 12.0 Å². The third-order valence-electron chi connectivity index (χ3n) is 3.25. The molecule has 0 aromatic heterocycles. The van der Waals surface area contributed by atoms with Crippen molar-refractivity contribution >= 4 is 11.8 Å². The van der Waals surface area contributed by atoms with Crippen molar-refractivity contribution in [2.75, 3.05) is 20.2 Å². The first-order valence-corrected chi connectivity index (χ1v) is 5.49. The predicted molar refractivity (Wildman–Crippen MR) is 60.2 cm³/mol. The lowest BCUT2D eigenvalue weighted by molar-refractivity contribution is 0.0534. The summed E-state index contributed by atoms with van der Waals surface area (Å²) in [5.41, 5.74) is 0.920. The second-order valence-corrected chi connectivity index (χ2v) is 4.20. The lowest BCUT2D eigenvalue weighted by Crippen LogP contribution is -2.58. The number of benzene rings is 1. The molecule has 17 heavy (non-hydrogen) atoms. The standard InChI is InChI=1S/C12H12N2O3/c1-17-8-2-3-9-10(4-8)12(16)14(11(9)15)7-5-13-6-7/h2-4,7,13H,5-6H2,1H3. The number of imide groups is 1. The number of fused-ring (bicyclic) bond motifs is 1. The van der Waals surface area contributed by atoms with Crippen LogP contribution in [0.5, 0.6) is 5.75 Å². The van der Waals surface area contributed by atoms with Crippen LogP contribution < -0.4 is 10.1 Å². The van der Waals surface area contributed by atoms with Gasteiger partial charge in [0.25, 0.3) is 11.8 Å². The highest BCUT2D eigenvalue weighted by atomic mass is 16.5. The molecule has 5 heteroatoms. The van der Waals surface area contributed by atoms with Gasteiger partial charge in [-0.05, 0) is 18.2 Å². The quantitative estimate of drug-likeness (QED) is 0.743. The van der Waals surface area contributed by atoms with Gasteiger partial charge in [-0.1, -0.05) is 0 Å². The van der Waals surface area contributed by atoms with E-state index in [1.54, 1.807) is 18.2 Å². The van der Waals surface area contributed by atoms with Gasteiger partial charge in [0.2, 0.25) is 0 Å². The second kappa shape index (κ2) is 3.56. The zero-order valence-electron chi connectivity index (χ0n) is 9.40. The molecular formula is C12H12N2O3. The third kappa shape index (κ3) is 1.36. The van der Waals surface area contributed by atoms with E-state index in [4.69, 9.17) is 4.74 Å².